The van der Waals surface area contributed by atoms with Crippen LogP contribution in [0.3, 0.4) is 0 Å². The molecule has 0 unspecified atom stereocenters. The van der Waals surface area contributed by atoms with Crippen LogP contribution in [0.25, 0.3) is 0 Å². The Morgan fingerprint density at radius 3 is 1.18 bits per heavy atom. The third kappa shape index (κ3) is 2.31. The van der Waals surface area contributed by atoms with Crippen molar-refractivity contribution in [3.05, 3.63) is 0 Å². The van der Waals surface area contributed by atoms with Crippen LogP contribution in [0, 0.1) is 0 Å². The van der Waals surface area contributed by atoms with Gasteiger partial charge in [0.1, 0.15) is 0 Å². The molecule has 0 spiro atoms. The van der Waals surface area contributed by atoms with Crippen molar-refractivity contribution in [2.75, 3.05) is 6.66 Å². The third-order valence-corrected chi connectivity index (χ3v) is 13.1. The van der Waals surface area contributed by atoms with E-state index in [0.717, 1.165) is 0 Å². The molecule has 0 amide bonds. The molecule has 0 aromatic carbocycles. The molecule has 0 heterocycles. The Labute approximate surface area is 62.6 Å². The summed E-state index contributed by atoms with van der Waals surface area (Å²) >= 11 is 0. The highest BCUT2D eigenvalue weighted by molar-refractivity contribution is 8.64. The molecule has 10 heteroatoms. The van der Waals surface area contributed by atoms with Gasteiger partial charge in [0.05, 0.1) is 6.66 Å². The minimum atomic E-state index is -5.09. The number of rotatable bonds is 2. The van der Waals surface area contributed by atoms with E-state index >= 15 is 0 Å². The molecule has 0 saturated carbocycles. The maximum atomic E-state index is 10.3. The van der Waals surface area contributed by atoms with Gasteiger partial charge < -0.3 is 0 Å². The van der Waals surface area contributed by atoms with Crippen LogP contribution in [0.5, 0.6) is 0 Å². The van der Waals surface area contributed by atoms with E-state index in [0.29, 0.717) is 6.66 Å². The van der Waals surface area contributed by atoms with Crippen LogP contribution in [-0.4, -0.2) is 31.1 Å². The van der Waals surface area contributed by atoms with Crippen molar-refractivity contribution in [2.24, 2.45) is 0 Å². The minimum absolute atomic E-state index is 0.495. The SMILES string of the molecule is C[P+](O)(P(=O)(O)O)P(=O)(O)O. The lowest BCUT2D eigenvalue weighted by Crippen LogP contribution is -1.91. The van der Waals surface area contributed by atoms with E-state index in [4.69, 9.17) is 24.5 Å². The fraction of sp³-hybridized carbons (Fsp3) is 1.00. The molecule has 0 aliphatic carbocycles. The fourth-order valence-electron chi connectivity index (χ4n) is 0.152. The zero-order valence-electron chi connectivity index (χ0n) is 5.39. The summed E-state index contributed by atoms with van der Waals surface area (Å²) in [6.07, 6.45) is 0. The molecule has 0 atom stereocenters. The van der Waals surface area contributed by atoms with Crippen LogP contribution in [0.1, 0.15) is 0 Å². The average molecular weight is 225 g/mol. The molecule has 5 N–H and O–H groups in total. The Kier molecular flexibility index (Phi) is 3.05. The molecule has 0 bridgehead atoms. The molecule has 0 aromatic rings. The van der Waals surface area contributed by atoms with Gasteiger partial charge in [-0.25, -0.2) is 14.0 Å². The first-order valence-corrected chi connectivity index (χ1v) is 9.04. The first kappa shape index (κ1) is 11.7. The van der Waals surface area contributed by atoms with Crippen LogP contribution >= 0.6 is 21.4 Å². The second kappa shape index (κ2) is 2.87. The van der Waals surface area contributed by atoms with Crippen LogP contribution < -0.4 is 0 Å². The Bertz CT molecular complexity index is 206. The summed E-state index contributed by atoms with van der Waals surface area (Å²) in [4.78, 5) is 42.0. The number of hydrogen-bond acceptors (Lipinski definition) is 3. The highest BCUT2D eigenvalue weighted by atomic mass is 32.5. The zero-order chi connectivity index (χ0) is 9.50. The summed E-state index contributed by atoms with van der Waals surface area (Å²) in [5, 5.41) is 0. The highest BCUT2D eigenvalue weighted by Gasteiger charge is 2.65. The van der Waals surface area contributed by atoms with E-state index in [2.05, 4.69) is 0 Å². The normalized spacial score (nSPS) is 15.1. The second-order valence-corrected chi connectivity index (χ2v) is 14.4. The Morgan fingerprint density at radius 2 is 1.18 bits per heavy atom. The average Bonchev–Trinajstić information content (AvgIpc) is 1.58. The summed E-state index contributed by atoms with van der Waals surface area (Å²) in [7, 11) is -10.2. The van der Waals surface area contributed by atoms with Crippen LogP contribution in [0.4, 0.5) is 0 Å². The van der Waals surface area contributed by atoms with Gasteiger partial charge in [0.2, 0.25) is 0 Å². The molecule has 68 valence electrons. The van der Waals surface area contributed by atoms with Crippen molar-refractivity contribution in [1.82, 2.24) is 0 Å². The van der Waals surface area contributed by atoms with Gasteiger partial charge in [-0.2, -0.15) is 0 Å². The summed E-state index contributed by atoms with van der Waals surface area (Å²) in [6.45, 7) is -3.98. The fourth-order valence-corrected chi connectivity index (χ4v) is 4.10. The van der Waals surface area contributed by atoms with E-state index in [-0.39, 0.29) is 0 Å². The summed E-state index contributed by atoms with van der Waals surface area (Å²) < 4.78 is 20.6. The van der Waals surface area contributed by atoms with Crippen molar-refractivity contribution >= 4 is 21.4 Å². The van der Waals surface area contributed by atoms with E-state index in [1.807, 2.05) is 0 Å². The first-order valence-electron chi connectivity index (χ1n) is 2.21. The van der Waals surface area contributed by atoms with Crippen LogP contribution in [0.2, 0.25) is 0 Å². The van der Waals surface area contributed by atoms with E-state index in [1.165, 1.54) is 0 Å². The van der Waals surface area contributed by atoms with Crippen LogP contribution in [0.15, 0.2) is 0 Å². The van der Waals surface area contributed by atoms with Crippen molar-refractivity contribution in [2.45, 2.75) is 0 Å². The molecule has 0 aromatic heterocycles. The van der Waals surface area contributed by atoms with Crippen molar-refractivity contribution in [3.8, 4) is 0 Å². The molecule has 0 fully saturated rings. The van der Waals surface area contributed by atoms with Crippen molar-refractivity contribution in [3.63, 3.8) is 0 Å². The van der Waals surface area contributed by atoms with Gasteiger partial charge in [0.25, 0.3) is 0 Å². The smallest absolute Gasteiger partial charge is 0.293 e. The second-order valence-electron chi connectivity index (χ2n) is 1.89. The van der Waals surface area contributed by atoms with Gasteiger partial charge >= 0.3 is 21.4 Å². The van der Waals surface area contributed by atoms with Gasteiger partial charge in [0, 0.05) is 0 Å². The molecule has 0 radical (unpaired) electrons. The summed E-state index contributed by atoms with van der Waals surface area (Å²) in [6, 6.07) is 0. The van der Waals surface area contributed by atoms with E-state index in [1.54, 1.807) is 0 Å². The first-order chi connectivity index (χ1) is 4.50. The lowest BCUT2D eigenvalue weighted by Gasteiger charge is -2.14. The van der Waals surface area contributed by atoms with Crippen molar-refractivity contribution in [1.29, 1.82) is 0 Å². The van der Waals surface area contributed by atoms with Gasteiger partial charge in [-0.3, -0.25) is 19.6 Å². The minimum Gasteiger partial charge on any atom is -0.293 e. The predicted octanol–water partition coefficient (Wildman–Crippen LogP) is -0.274. The molecule has 0 aliphatic heterocycles. The quantitative estimate of drug-likeness (QED) is 0.408. The monoisotopic (exact) mass is 225 g/mol. The predicted molar refractivity (Wildman–Crippen MR) is 39.2 cm³/mol. The maximum absolute atomic E-state index is 10.3. The number of hydrogen-bond donors (Lipinski definition) is 5. The van der Waals surface area contributed by atoms with Crippen molar-refractivity contribution < 1.29 is 33.6 Å². The standard InChI is InChI=1S/CH7O7P3/c1-9(2,10(3,4)5)11(6,7)8/h2H,1H3,(H3-,3,4,5,6,7,8)/p+1. The Balaban J connectivity index is 5.08. The summed E-state index contributed by atoms with van der Waals surface area (Å²) in [5.74, 6) is 0. The van der Waals surface area contributed by atoms with Gasteiger partial charge in [-0.1, -0.05) is 0 Å². The zero-order valence-corrected chi connectivity index (χ0v) is 8.08. The lowest BCUT2D eigenvalue weighted by molar-refractivity contribution is 0.376. The van der Waals surface area contributed by atoms with E-state index < -0.39 is 21.4 Å². The van der Waals surface area contributed by atoms with Crippen LogP contribution in [-0.2, 0) is 9.13 Å². The van der Waals surface area contributed by atoms with Gasteiger partial charge in [0.15, 0.2) is 0 Å². The molecule has 0 saturated heterocycles. The molecule has 0 aliphatic rings. The lowest BCUT2D eigenvalue weighted by atomic mass is 12.0. The topological polar surface area (TPSA) is 135 Å². The summed E-state index contributed by atoms with van der Waals surface area (Å²) in [5.41, 5.74) is 0. The molecule has 11 heavy (non-hydrogen) atoms. The van der Waals surface area contributed by atoms with Gasteiger partial charge in [-0.05, 0) is 0 Å². The molecular formula is CH8O7P3+. The highest BCUT2D eigenvalue weighted by Crippen LogP contribution is 2.98. The van der Waals surface area contributed by atoms with E-state index in [9.17, 15) is 9.13 Å². The Morgan fingerprint density at radius 1 is 1.00 bits per heavy atom. The Hall–Kier alpha value is 0.690. The largest absolute Gasteiger partial charge is 0.504 e. The third-order valence-electron chi connectivity index (χ3n) is 0.987. The maximum Gasteiger partial charge on any atom is 0.504 e. The van der Waals surface area contributed by atoms with Gasteiger partial charge in [-0.15, -0.1) is 0 Å². The molecule has 0 rings (SSSR count). The molecular weight excluding hydrogens is 217 g/mol. The molecule has 7 nitrogen and oxygen atoms in total.